The molecule has 1 N–H and O–H groups in total. The van der Waals surface area contributed by atoms with E-state index in [1.54, 1.807) is 20.8 Å². The fourth-order valence-electron chi connectivity index (χ4n) is 1.75. The zero-order valence-corrected chi connectivity index (χ0v) is 11.7. The molecule has 5 nitrogen and oxygen atoms in total. The van der Waals surface area contributed by atoms with E-state index in [0.717, 1.165) is 0 Å². The maximum Gasteiger partial charge on any atom is 0.434 e. The molecule has 0 radical (unpaired) electrons. The molecule has 0 unspecified atom stereocenters. The first-order chi connectivity index (χ1) is 8.20. The highest BCUT2D eigenvalue weighted by Crippen LogP contribution is 2.22. The van der Waals surface area contributed by atoms with Crippen molar-refractivity contribution >= 4 is 6.09 Å². The van der Waals surface area contributed by atoms with Crippen molar-refractivity contribution in [2.75, 3.05) is 0 Å². The fourth-order valence-corrected chi connectivity index (χ4v) is 1.75. The van der Waals surface area contributed by atoms with E-state index in [1.807, 2.05) is 26.0 Å². The lowest BCUT2D eigenvalue weighted by Crippen LogP contribution is -2.46. The first-order valence-corrected chi connectivity index (χ1v) is 6.24. The highest BCUT2D eigenvalue weighted by atomic mass is 16.6. The molecule has 1 rings (SSSR count). The minimum atomic E-state index is -0.742. The third kappa shape index (κ3) is 4.31. The Morgan fingerprint density at radius 2 is 2.06 bits per heavy atom. The summed E-state index contributed by atoms with van der Waals surface area (Å²) in [4.78, 5) is 11.7. The van der Waals surface area contributed by atoms with Gasteiger partial charge in [0, 0.05) is 0 Å². The SMILES string of the molecule is CC(C)O[C@H]1C=CC[C@@H]1N(O)C(=O)OC(C)(C)C. The number of hydrogen-bond donors (Lipinski definition) is 1. The molecule has 18 heavy (non-hydrogen) atoms. The van der Waals surface area contributed by atoms with Gasteiger partial charge in [0.2, 0.25) is 0 Å². The van der Waals surface area contributed by atoms with Crippen LogP contribution in [0.5, 0.6) is 0 Å². The van der Waals surface area contributed by atoms with Crippen molar-refractivity contribution in [1.82, 2.24) is 5.06 Å². The summed E-state index contributed by atoms with van der Waals surface area (Å²) in [6.07, 6.45) is 3.32. The molecule has 0 saturated carbocycles. The van der Waals surface area contributed by atoms with Gasteiger partial charge in [0.15, 0.2) is 0 Å². The largest absolute Gasteiger partial charge is 0.442 e. The van der Waals surface area contributed by atoms with E-state index in [0.29, 0.717) is 11.5 Å². The van der Waals surface area contributed by atoms with Gasteiger partial charge in [-0.1, -0.05) is 12.2 Å². The Kier molecular flexibility index (Phi) is 4.76. The molecule has 1 aliphatic carbocycles. The van der Waals surface area contributed by atoms with Crippen LogP contribution in [0, 0.1) is 0 Å². The Morgan fingerprint density at radius 3 is 2.56 bits per heavy atom. The van der Waals surface area contributed by atoms with E-state index in [4.69, 9.17) is 9.47 Å². The van der Waals surface area contributed by atoms with Crippen LogP contribution >= 0.6 is 0 Å². The lowest BCUT2D eigenvalue weighted by molar-refractivity contribution is -0.146. The molecule has 0 bridgehead atoms. The van der Waals surface area contributed by atoms with Crippen molar-refractivity contribution in [3.8, 4) is 0 Å². The van der Waals surface area contributed by atoms with Crippen LogP contribution in [-0.4, -0.2) is 40.2 Å². The van der Waals surface area contributed by atoms with Crippen molar-refractivity contribution in [3.63, 3.8) is 0 Å². The van der Waals surface area contributed by atoms with Crippen LogP contribution in [0.2, 0.25) is 0 Å². The summed E-state index contributed by atoms with van der Waals surface area (Å²) in [7, 11) is 0. The monoisotopic (exact) mass is 257 g/mol. The molecule has 0 aromatic carbocycles. The highest BCUT2D eigenvalue weighted by Gasteiger charge is 2.34. The Morgan fingerprint density at radius 1 is 1.44 bits per heavy atom. The summed E-state index contributed by atoms with van der Waals surface area (Å²) in [5.74, 6) is 0. The number of hydrogen-bond acceptors (Lipinski definition) is 4. The average Bonchev–Trinajstić information content (AvgIpc) is 2.60. The van der Waals surface area contributed by atoms with Crippen molar-refractivity contribution in [1.29, 1.82) is 0 Å². The standard InChI is InChI=1S/C13H23NO4/c1-9(2)17-11-8-6-7-10(11)14(16)12(15)18-13(3,4)5/h6,8-11,16H,7H2,1-5H3/t10-,11-/m0/s1. The molecule has 0 saturated heterocycles. The Bertz CT molecular complexity index is 319. The van der Waals surface area contributed by atoms with Gasteiger partial charge in [-0.15, -0.1) is 0 Å². The summed E-state index contributed by atoms with van der Waals surface area (Å²) in [5, 5.41) is 10.5. The molecular weight excluding hydrogens is 234 g/mol. The van der Waals surface area contributed by atoms with Crippen LogP contribution in [0.1, 0.15) is 41.0 Å². The summed E-state index contributed by atoms with van der Waals surface area (Å²) in [6.45, 7) is 9.10. The number of nitrogens with zero attached hydrogens (tertiary/aromatic N) is 1. The van der Waals surface area contributed by atoms with Crippen LogP contribution < -0.4 is 0 Å². The van der Waals surface area contributed by atoms with E-state index >= 15 is 0 Å². The van der Waals surface area contributed by atoms with Crippen molar-refractivity contribution in [3.05, 3.63) is 12.2 Å². The third-order valence-corrected chi connectivity index (χ3v) is 2.41. The fraction of sp³-hybridized carbons (Fsp3) is 0.769. The van der Waals surface area contributed by atoms with Gasteiger partial charge >= 0.3 is 6.09 Å². The molecular formula is C13H23NO4. The first kappa shape index (κ1) is 15.0. The second-order valence-electron chi connectivity index (χ2n) is 5.71. The van der Waals surface area contributed by atoms with Crippen LogP contribution in [0.4, 0.5) is 4.79 Å². The Balaban J connectivity index is 2.60. The second-order valence-corrected chi connectivity index (χ2v) is 5.71. The number of hydroxylamine groups is 2. The van der Waals surface area contributed by atoms with Crippen molar-refractivity contribution in [2.24, 2.45) is 0 Å². The molecule has 0 fully saturated rings. The van der Waals surface area contributed by atoms with Crippen LogP contribution in [0.3, 0.4) is 0 Å². The molecule has 104 valence electrons. The van der Waals surface area contributed by atoms with Crippen LogP contribution in [0.15, 0.2) is 12.2 Å². The molecule has 0 aromatic rings. The van der Waals surface area contributed by atoms with Gasteiger partial charge in [-0.3, -0.25) is 5.21 Å². The van der Waals surface area contributed by atoms with Gasteiger partial charge in [-0.2, -0.15) is 5.06 Å². The lowest BCUT2D eigenvalue weighted by atomic mass is 10.2. The Hall–Kier alpha value is -1.07. The van der Waals surface area contributed by atoms with Gasteiger partial charge in [-0.05, 0) is 41.0 Å². The maximum atomic E-state index is 11.7. The predicted octanol–water partition coefficient (Wildman–Crippen LogP) is 2.73. The lowest BCUT2D eigenvalue weighted by Gasteiger charge is -2.30. The highest BCUT2D eigenvalue weighted by molar-refractivity contribution is 5.67. The summed E-state index contributed by atoms with van der Waals surface area (Å²) in [6, 6.07) is -0.415. The Labute approximate surface area is 108 Å². The van der Waals surface area contributed by atoms with E-state index in [9.17, 15) is 10.0 Å². The predicted molar refractivity (Wildman–Crippen MR) is 67.4 cm³/mol. The number of carbonyl (C=O) groups is 1. The maximum absolute atomic E-state index is 11.7. The number of rotatable bonds is 3. The van der Waals surface area contributed by atoms with E-state index in [2.05, 4.69) is 0 Å². The molecule has 2 atom stereocenters. The normalized spacial score (nSPS) is 23.5. The zero-order chi connectivity index (χ0) is 13.9. The van der Waals surface area contributed by atoms with Gasteiger partial charge in [0.1, 0.15) is 5.60 Å². The van der Waals surface area contributed by atoms with Gasteiger partial charge in [-0.25, -0.2) is 4.79 Å². The number of ether oxygens (including phenoxy) is 2. The molecule has 1 amide bonds. The molecule has 0 heterocycles. The van der Waals surface area contributed by atoms with E-state index < -0.39 is 17.7 Å². The molecule has 1 aliphatic rings. The number of amides is 1. The van der Waals surface area contributed by atoms with Gasteiger partial charge < -0.3 is 9.47 Å². The minimum Gasteiger partial charge on any atom is -0.442 e. The minimum absolute atomic E-state index is 0.0345. The second kappa shape index (κ2) is 5.71. The summed E-state index contributed by atoms with van der Waals surface area (Å²) in [5.41, 5.74) is -0.626. The molecule has 0 aromatic heterocycles. The first-order valence-electron chi connectivity index (χ1n) is 6.24. The van der Waals surface area contributed by atoms with Crippen molar-refractivity contribution < 1.29 is 19.5 Å². The molecule has 0 aliphatic heterocycles. The third-order valence-electron chi connectivity index (χ3n) is 2.41. The molecule has 0 spiro atoms. The van der Waals surface area contributed by atoms with Crippen molar-refractivity contribution in [2.45, 2.75) is 64.9 Å². The van der Waals surface area contributed by atoms with Crippen LogP contribution in [-0.2, 0) is 9.47 Å². The zero-order valence-electron chi connectivity index (χ0n) is 11.7. The van der Waals surface area contributed by atoms with E-state index in [1.165, 1.54) is 0 Å². The van der Waals surface area contributed by atoms with Crippen LogP contribution in [0.25, 0.3) is 0 Å². The topological polar surface area (TPSA) is 59.0 Å². The van der Waals surface area contributed by atoms with Gasteiger partial charge in [0.25, 0.3) is 0 Å². The smallest absolute Gasteiger partial charge is 0.434 e. The molecule has 5 heteroatoms. The average molecular weight is 257 g/mol. The summed E-state index contributed by atoms with van der Waals surface area (Å²) >= 11 is 0. The van der Waals surface area contributed by atoms with E-state index in [-0.39, 0.29) is 12.2 Å². The quantitative estimate of drug-likeness (QED) is 0.480. The van der Waals surface area contributed by atoms with Gasteiger partial charge in [0.05, 0.1) is 18.2 Å². The summed E-state index contributed by atoms with van der Waals surface area (Å²) < 4.78 is 10.7. The number of carbonyl (C=O) groups excluding carboxylic acids is 1.